The zero-order valence-electron chi connectivity index (χ0n) is 15.2. The third-order valence-corrected chi connectivity index (χ3v) is 4.82. The number of pyridine rings is 1. The van der Waals surface area contributed by atoms with Crippen molar-refractivity contribution in [2.24, 2.45) is 0 Å². The van der Waals surface area contributed by atoms with Crippen LogP contribution in [0.15, 0.2) is 54.6 Å². The van der Waals surface area contributed by atoms with Gasteiger partial charge in [-0.25, -0.2) is 0 Å². The van der Waals surface area contributed by atoms with Crippen LogP contribution in [0.5, 0.6) is 0 Å². The van der Waals surface area contributed by atoms with Gasteiger partial charge in [-0.15, -0.1) is 0 Å². The van der Waals surface area contributed by atoms with Crippen LogP contribution in [0.3, 0.4) is 0 Å². The Morgan fingerprint density at radius 2 is 1.77 bits per heavy atom. The topological polar surface area (TPSA) is 62.2 Å². The fourth-order valence-corrected chi connectivity index (χ4v) is 3.44. The van der Waals surface area contributed by atoms with Crippen molar-refractivity contribution < 1.29 is 9.90 Å². The number of aliphatic hydroxyl groups excluding tert-OH is 1. The van der Waals surface area contributed by atoms with Gasteiger partial charge in [-0.1, -0.05) is 48.5 Å². The maximum Gasteiger partial charge on any atom is 0.253 e. The molecule has 0 saturated heterocycles. The normalized spacial score (nSPS) is 12.1. The molecule has 1 amide bonds. The number of aromatic nitrogens is 1. The van der Waals surface area contributed by atoms with E-state index in [4.69, 9.17) is 0 Å². The van der Waals surface area contributed by atoms with E-state index in [0.29, 0.717) is 18.5 Å². The molecule has 0 saturated carbocycles. The Kier molecular flexibility index (Phi) is 5.64. The summed E-state index contributed by atoms with van der Waals surface area (Å²) in [5.41, 5.74) is 4.34. The fourth-order valence-electron chi connectivity index (χ4n) is 3.44. The molecule has 0 aliphatic heterocycles. The maximum absolute atomic E-state index is 12.9. The lowest BCUT2D eigenvalue weighted by atomic mass is 9.95. The first-order chi connectivity index (χ1) is 12.6. The van der Waals surface area contributed by atoms with Crippen LogP contribution in [0.2, 0.25) is 0 Å². The molecule has 0 bridgehead atoms. The van der Waals surface area contributed by atoms with E-state index in [1.54, 1.807) is 0 Å². The molecule has 2 N–H and O–H groups in total. The van der Waals surface area contributed by atoms with Crippen LogP contribution >= 0.6 is 0 Å². The molecule has 3 aromatic rings. The monoisotopic (exact) mass is 348 g/mol. The molecule has 0 fully saturated rings. The smallest absolute Gasteiger partial charge is 0.253 e. The first kappa shape index (κ1) is 18.1. The summed E-state index contributed by atoms with van der Waals surface area (Å²) in [6.07, 6.45) is 0.609. The second-order valence-corrected chi connectivity index (χ2v) is 6.54. The van der Waals surface area contributed by atoms with Crippen LogP contribution in [0.4, 0.5) is 0 Å². The zero-order chi connectivity index (χ0) is 18.5. The molecule has 0 radical (unpaired) electrons. The summed E-state index contributed by atoms with van der Waals surface area (Å²) in [6.45, 7) is 4.41. The molecular formula is C22H24N2O2. The standard InChI is InChI=1S/C22H24N2O2/c1-15-19-10-6-7-11-20(19)24-16(2)21(15)22(26)23-14-18(12-13-25)17-8-4-3-5-9-17/h3-11,18,25H,12-14H2,1-2H3,(H,23,26)/t18-/m0/s1. The predicted octanol–water partition coefficient (Wildman–Crippen LogP) is 3.75. The van der Waals surface area contributed by atoms with Crippen molar-refractivity contribution in [1.82, 2.24) is 10.3 Å². The van der Waals surface area contributed by atoms with Gasteiger partial charge in [0.1, 0.15) is 0 Å². The van der Waals surface area contributed by atoms with Gasteiger partial charge in [0.25, 0.3) is 5.91 Å². The van der Waals surface area contributed by atoms with E-state index in [2.05, 4.69) is 10.3 Å². The second kappa shape index (κ2) is 8.11. The quantitative estimate of drug-likeness (QED) is 0.713. The van der Waals surface area contributed by atoms with Gasteiger partial charge in [0.2, 0.25) is 0 Å². The summed E-state index contributed by atoms with van der Waals surface area (Å²) in [5, 5.41) is 13.4. The lowest BCUT2D eigenvalue weighted by molar-refractivity contribution is 0.0948. The van der Waals surface area contributed by atoms with Gasteiger partial charge < -0.3 is 10.4 Å². The Balaban J connectivity index is 1.82. The highest BCUT2D eigenvalue weighted by atomic mass is 16.3. The first-order valence-corrected chi connectivity index (χ1v) is 8.91. The molecule has 2 aromatic carbocycles. The van der Waals surface area contributed by atoms with E-state index in [1.165, 1.54) is 0 Å². The van der Waals surface area contributed by atoms with Gasteiger partial charge in [-0.2, -0.15) is 0 Å². The number of rotatable bonds is 6. The Labute approximate surface area is 153 Å². The predicted molar refractivity (Wildman–Crippen MR) is 104 cm³/mol. The number of hydrogen-bond acceptors (Lipinski definition) is 3. The minimum absolute atomic E-state index is 0.0826. The number of aryl methyl sites for hydroxylation is 2. The van der Waals surface area contributed by atoms with Crippen molar-refractivity contribution in [2.45, 2.75) is 26.2 Å². The van der Waals surface area contributed by atoms with Crippen LogP contribution < -0.4 is 5.32 Å². The van der Waals surface area contributed by atoms with E-state index in [-0.39, 0.29) is 18.4 Å². The fraction of sp³-hybridized carbons (Fsp3) is 0.273. The van der Waals surface area contributed by atoms with E-state index < -0.39 is 0 Å². The Bertz CT molecular complexity index is 907. The van der Waals surface area contributed by atoms with Gasteiger partial charge in [0.05, 0.1) is 16.8 Å². The summed E-state index contributed by atoms with van der Waals surface area (Å²) in [6, 6.07) is 17.8. The number of aliphatic hydroxyl groups is 1. The average Bonchev–Trinajstić information content (AvgIpc) is 2.66. The van der Waals surface area contributed by atoms with Crippen LogP contribution in [0.25, 0.3) is 10.9 Å². The van der Waals surface area contributed by atoms with Crippen LogP contribution in [0, 0.1) is 13.8 Å². The molecule has 1 heterocycles. The van der Waals surface area contributed by atoms with Crippen molar-refractivity contribution in [3.05, 3.63) is 77.0 Å². The van der Waals surface area contributed by atoms with Crippen molar-refractivity contribution in [3.63, 3.8) is 0 Å². The minimum Gasteiger partial charge on any atom is -0.396 e. The molecule has 0 spiro atoms. The Morgan fingerprint density at radius 3 is 2.50 bits per heavy atom. The summed E-state index contributed by atoms with van der Waals surface area (Å²) < 4.78 is 0. The summed E-state index contributed by atoms with van der Waals surface area (Å²) in [7, 11) is 0. The molecule has 3 rings (SSSR count). The molecule has 4 nitrogen and oxygen atoms in total. The van der Waals surface area contributed by atoms with Crippen LogP contribution in [-0.4, -0.2) is 29.1 Å². The molecule has 26 heavy (non-hydrogen) atoms. The first-order valence-electron chi connectivity index (χ1n) is 8.91. The highest BCUT2D eigenvalue weighted by molar-refractivity contribution is 6.01. The van der Waals surface area contributed by atoms with Crippen molar-refractivity contribution in [3.8, 4) is 0 Å². The highest BCUT2D eigenvalue weighted by Crippen LogP contribution is 2.23. The number of carbonyl (C=O) groups excluding carboxylic acids is 1. The Hall–Kier alpha value is -2.72. The highest BCUT2D eigenvalue weighted by Gasteiger charge is 2.18. The van der Waals surface area contributed by atoms with E-state index in [9.17, 15) is 9.90 Å². The SMILES string of the molecule is Cc1nc2ccccc2c(C)c1C(=O)NC[C@H](CCO)c1ccccc1. The van der Waals surface area contributed by atoms with Crippen molar-refractivity contribution >= 4 is 16.8 Å². The third-order valence-electron chi connectivity index (χ3n) is 4.82. The minimum atomic E-state index is -0.114. The Morgan fingerprint density at radius 1 is 1.08 bits per heavy atom. The summed E-state index contributed by atoms with van der Waals surface area (Å²) in [5.74, 6) is -0.0312. The average molecular weight is 348 g/mol. The van der Waals surface area contributed by atoms with Gasteiger partial charge in [-0.3, -0.25) is 9.78 Å². The number of carbonyl (C=O) groups is 1. The number of benzene rings is 2. The second-order valence-electron chi connectivity index (χ2n) is 6.54. The lowest BCUT2D eigenvalue weighted by Gasteiger charge is -2.18. The van der Waals surface area contributed by atoms with Gasteiger partial charge in [0, 0.05) is 24.5 Å². The van der Waals surface area contributed by atoms with E-state index >= 15 is 0 Å². The van der Waals surface area contributed by atoms with Crippen LogP contribution in [0.1, 0.15) is 39.5 Å². The number of hydrogen-bond donors (Lipinski definition) is 2. The third kappa shape index (κ3) is 3.75. The molecular weight excluding hydrogens is 324 g/mol. The molecule has 0 aliphatic carbocycles. The number of para-hydroxylation sites is 1. The molecule has 1 aromatic heterocycles. The largest absolute Gasteiger partial charge is 0.396 e. The van der Waals surface area contributed by atoms with Crippen LogP contribution in [-0.2, 0) is 0 Å². The van der Waals surface area contributed by atoms with Gasteiger partial charge >= 0.3 is 0 Å². The number of fused-ring (bicyclic) bond motifs is 1. The van der Waals surface area contributed by atoms with Crippen molar-refractivity contribution in [2.75, 3.05) is 13.2 Å². The number of nitrogens with one attached hydrogen (secondary N) is 1. The summed E-state index contributed by atoms with van der Waals surface area (Å²) >= 11 is 0. The summed E-state index contributed by atoms with van der Waals surface area (Å²) in [4.78, 5) is 17.4. The zero-order valence-corrected chi connectivity index (χ0v) is 15.2. The lowest BCUT2D eigenvalue weighted by Crippen LogP contribution is -2.30. The van der Waals surface area contributed by atoms with E-state index in [0.717, 1.165) is 27.7 Å². The number of nitrogens with zero attached hydrogens (tertiary/aromatic N) is 1. The molecule has 0 unspecified atom stereocenters. The molecule has 4 heteroatoms. The maximum atomic E-state index is 12.9. The molecule has 1 atom stereocenters. The number of amides is 1. The van der Waals surface area contributed by atoms with Crippen molar-refractivity contribution in [1.29, 1.82) is 0 Å². The molecule has 0 aliphatic rings. The van der Waals surface area contributed by atoms with Gasteiger partial charge in [0.15, 0.2) is 0 Å². The molecule has 134 valence electrons. The van der Waals surface area contributed by atoms with Gasteiger partial charge in [-0.05, 0) is 37.5 Å². The van der Waals surface area contributed by atoms with E-state index in [1.807, 2.05) is 68.4 Å².